The van der Waals surface area contributed by atoms with Crippen molar-refractivity contribution in [3.05, 3.63) is 0 Å². The van der Waals surface area contributed by atoms with E-state index >= 15 is 0 Å². The standard InChI is InChI=1S/C16H32N2/c1-4-15(2,3)17-11-14-18-12-9-16(10-13-18)7-5-6-8-16/h17H,4-14H2,1-3H3. The van der Waals surface area contributed by atoms with Crippen LogP contribution in [0.1, 0.15) is 65.7 Å². The Hall–Kier alpha value is -0.0800. The van der Waals surface area contributed by atoms with Crippen molar-refractivity contribution >= 4 is 0 Å². The molecule has 18 heavy (non-hydrogen) atoms. The first-order valence-electron chi connectivity index (χ1n) is 8.03. The third-order valence-corrected chi connectivity index (χ3v) is 5.50. The number of hydrogen-bond donors (Lipinski definition) is 1. The van der Waals surface area contributed by atoms with Crippen LogP contribution in [0.5, 0.6) is 0 Å². The molecular formula is C16H32N2. The van der Waals surface area contributed by atoms with Crippen molar-refractivity contribution in [2.24, 2.45) is 5.41 Å². The van der Waals surface area contributed by atoms with Crippen molar-refractivity contribution in [2.75, 3.05) is 26.2 Å². The zero-order valence-electron chi connectivity index (χ0n) is 12.7. The van der Waals surface area contributed by atoms with Gasteiger partial charge in [-0.1, -0.05) is 19.8 Å². The fraction of sp³-hybridized carbons (Fsp3) is 1.00. The summed E-state index contributed by atoms with van der Waals surface area (Å²) in [5.74, 6) is 0. The average molecular weight is 252 g/mol. The Morgan fingerprint density at radius 2 is 1.67 bits per heavy atom. The predicted octanol–water partition coefficient (Wildman–Crippen LogP) is 3.42. The van der Waals surface area contributed by atoms with E-state index < -0.39 is 0 Å². The molecule has 1 saturated heterocycles. The highest BCUT2D eigenvalue weighted by molar-refractivity contribution is 4.89. The molecule has 1 aliphatic carbocycles. The molecule has 0 aromatic carbocycles. The quantitative estimate of drug-likeness (QED) is 0.806. The molecule has 1 heterocycles. The fourth-order valence-corrected chi connectivity index (χ4v) is 3.55. The fourth-order valence-electron chi connectivity index (χ4n) is 3.55. The molecule has 0 aromatic heterocycles. The van der Waals surface area contributed by atoms with Gasteiger partial charge in [0.05, 0.1) is 0 Å². The SMILES string of the molecule is CCC(C)(C)NCCN1CCC2(CCCC2)CC1. The Bertz CT molecular complexity index is 244. The molecule has 106 valence electrons. The summed E-state index contributed by atoms with van der Waals surface area (Å²) in [4.78, 5) is 2.67. The third-order valence-electron chi connectivity index (χ3n) is 5.50. The van der Waals surface area contributed by atoms with Gasteiger partial charge in [0.1, 0.15) is 0 Å². The van der Waals surface area contributed by atoms with Gasteiger partial charge >= 0.3 is 0 Å². The first kappa shape index (κ1) is 14.3. The highest BCUT2D eigenvalue weighted by Crippen LogP contribution is 2.45. The van der Waals surface area contributed by atoms with Gasteiger partial charge in [-0.25, -0.2) is 0 Å². The molecular weight excluding hydrogens is 220 g/mol. The van der Waals surface area contributed by atoms with E-state index in [1.807, 2.05) is 0 Å². The van der Waals surface area contributed by atoms with Crippen molar-refractivity contribution in [1.29, 1.82) is 0 Å². The van der Waals surface area contributed by atoms with E-state index in [1.54, 1.807) is 0 Å². The molecule has 1 N–H and O–H groups in total. The number of nitrogens with one attached hydrogen (secondary N) is 1. The summed E-state index contributed by atoms with van der Waals surface area (Å²) in [5.41, 5.74) is 1.08. The third kappa shape index (κ3) is 3.71. The first-order chi connectivity index (χ1) is 8.55. The second-order valence-electron chi connectivity index (χ2n) is 7.21. The van der Waals surface area contributed by atoms with E-state index in [0.29, 0.717) is 5.54 Å². The van der Waals surface area contributed by atoms with Crippen molar-refractivity contribution in [3.8, 4) is 0 Å². The second-order valence-corrected chi connectivity index (χ2v) is 7.21. The zero-order valence-corrected chi connectivity index (χ0v) is 12.7. The molecule has 0 aromatic rings. The molecule has 2 nitrogen and oxygen atoms in total. The molecule has 0 atom stereocenters. The van der Waals surface area contributed by atoms with E-state index in [1.165, 1.54) is 64.6 Å². The van der Waals surface area contributed by atoms with Gasteiger partial charge in [0.15, 0.2) is 0 Å². The van der Waals surface area contributed by atoms with Crippen LogP contribution in [-0.2, 0) is 0 Å². The molecule has 2 heteroatoms. The van der Waals surface area contributed by atoms with Crippen LogP contribution < -0.4 is 5.32 Å². The lowest BCUT2D eigenvalue weighted by atomic mass is 9.77. The van der Waals surface area contributed by atoms with Crippen LogP contribution in [0.25, 0.3) is 0 Å². The summed E-state index contributed by atoms with van der Waals surface area (Å²) in [5, 5.41) is 3.68. The van der Waals surface area contributed by atoms with Crippen LogP contribution in [0.2, 0.25) is 0 Å². The maximum Gasteiger partial charge on any atom is 0.0123 e. The lowest BCUT2D eigenvalue weighted by Crippen LogP contribution is -2.46. The normalized spacial score (nSPS) is 24.8. The number of likely N-dealkylation sites (tertiary alicyclic amines) is 1. The molecule has 1 aliphatic heterocycles. The predicted molar refractivity (Wildman–Crippen MR) is 78.9 cm³/mol. The lowest BCUT2D eigenvalue weighted by Gasteiger charge is -2.39. The van der Waals surface area contributed by atoms with Gasteiger partial charge in [0.2, 0.25) is 0 Å². The second kappa shape index (κ2) is 5.92. The monoisotopic (exact) mass is 252 g/mol. The van der Waals surface area contributed by atoms with Crippen LogP contribution in [0.3, 0.4) is 0 Å². The average Bonchev–Trinajstić information content (AvgIpc) is 2.81. The Balaban J connectivity index is 1.65. The van der Waals surface area contributed by atoms with E-state index in [2.05, 4.69) is 31.0 Å². The van der Waals surface area contributed by atoms with Crippen LogP contribution in [-0.4, -0.2) is 36.6 Å². The smallest absolute Gasteiger partial charge is 0.0123 e. The molecule has 1 saturated carbocycles. The highest BCUT2D eigenvalue weighted by atomic mass is 15.1. The van der Waals surface area contributed by atoms with E-state index in [4.69, 9.17) is 0 Å². The van der Waals surface area contributed by atoms with E-state index in [-0.39, 0.29) is 0 Å². The van der Waals surface area contributed by atoms with Crippen molar-refractivity contribution in [3.63, 3.8) is 0 Å². The number of rotatable bonds is 5. The molecule has 0 bridgehead atoms. The van der Waals surface area contributed by atoms with Crippen molar-refractivity contribution in [2.45, 2.75) is 71.3 Å². The van der Waals surface area contributed by atoms with Gasteiger partial charge in [0, 0.05) is 18.6 Å². The van der Waals surface area contributed by atoms with Crippen LogP contribution in [0.4, 0.5) is 0 Å². The van der Waals surface area contributed by atoms with Crippen molar-refractivity contribution < 1.29 is 0 Å². The number of hydrogen-bond acceptors (Lipinski definition) is 2. The first-order valence-corrected chi connectivity index (χ1v) is 8.03. The maximum atomic E-state index is 3.68. The zero-order chi connectivity index (χ0) is 13.1. The van der Waals surface area contributed by atoms with Crippen molar-refractivity contribution in [1.82, 2.24) is 10.2 Å². The molecule has 0 radical (unpaired) electrons. The summed E-state index contributed by atoms with van der Waals surface area (Å²) < 4.78 is 0. The minimum absolute atomic E-state index is 0.308. The van der Waals surface area contributed by atoms with E-state index in [0.717, 1.165) is 12.0 Å². The van der Waals surface area contributed by atoms with Crippen LogP contribution in [0, 0.1) is 5.41 Å². The summed E-state index contributed by atoms with van der Waals surface area (Å²) >= 11 is 0. The topological polar surface area (TPSA) is 15.3 Å². The van der Waals surface area contributed by atoms with Gasteiger partial charge in [0.25, 0.3) is 0 Å². The summed E-state index contributed by atoms with van der Waals surface area (Å²) in [6.45, 7) is 11.9. The Labute approximate surface area is 114 Å². The largest absolute Gasteiger partial charge is 0.311 e. The summed E-state index contributed by atoms with van der Waals surface area (Å²) in [7, 11) is 0. The summed E-state index contributed by atoms with van der Waals surface area (Å²) in [6.07, 6.45) is 10.1. The van der Waals surface area contributed by atoms with Gasteiger partial charge < -0.3 is 10.2 Å². The number of piperidine rings is 1. The van der Waals surface area contributed by atoms with Gasteiger partial charge in [-0.05, 0) is 64.5 Å². The van der Waals surface area contributed by atoms with Crippen LogP contribution >= 0.6 is 0 Å². The highest BCUT2D eigenvalue weighted by Gasteiger charge is 2.36. The van der Waals surface area contributed by atoms with Gasteiger partial charge in [-0.15, -0.1) is 0 Å². The van der Waals surface area contributed by atoms with E-state index in [9.17, 15) is 0 Å². The molecule has 2 rings (SSSR count). The Kier molecular flexibility index (Phi) is 4.71. The molecule has 0 unspecified atom stereocenters. The molecule has 2 aliphatic rings. The maximum absolute atomic E-state index is 3.68. The molecule has 1 spiro atoms. The molecule has 2 fully saturated rings. The van der Waals surface area contributed by atoms with Gasteiger partial charge in [-0.3, -0.25) is 0 Å². The minimum atomic E-state index is 0.308. The number of nitrogens with zero attached hydrogens (tertiary/aromatic N) is 1. The Morgan fingerprint density at radius 3 is 2.22 bits per heavy atom. The minimum Gasteiger partial charge on any atom is -0.311 e. The Morgan fingerprint density at radius 1 is 1.06 bits per heavy atom. The van der Waals surface area contributed by atoms with Gasteiger partial charge in [-0.2, -0.15) is 0 Å². The lowest BCUT2D eigenvalue weighted by molar-refractivity contribution is 0.107. The van der Waals surface area contributed by atoms with Crippen LogP contribution in [0.15, 0.2) is 0 Å². The molecule has 0 amide bonds. The summed E-state index contributed by atoms with van der Waals surface area (Å²) in [6, 6.07) is 0.